The number of benzene rings is 1. The van der Waals surface area contributed by atoms with E-state index in [1.54, 1.807) is 0 Å². The molecule has 0 aromatic heterocycles. The maximum absolute atomic E-state index is 5.67. The van der Waals surface area contributed by atoms with Crippen molar-refractivity contribution in [3.8, 4) is 0 Å². The molecule has 1 aliphatic heterocycles. The molecular weight excluding hydrogens is 294 g/mol. The summed E-state index contributed by atoms with van der Waals surface area (Å²) in [4.78, 5) is 2.32. The summed E-state index contributed by atoms with van der Waals surface area (Å²) in [7, 11) is 0. The Labute approximate surface area is 139 Å². The lowest BCUT2D eigenvalue weighted by molar-refractivity contribution is 0.00206. The molecule has 1 aromatic rings. The van der Waals surface area contributed by atoms with Crippen LogP contribution in [0.25, 0.3) is 0 Å². The number of hydrogen-bond donors (Lipinski definition) is 0. The van der Waals surface area contributed by atoms with Crippen LogP contribution < -0.4 is 4.90 Å². The second-order valence-corrected chi connectivity index (χ2v) is 5.78. The predicted octanol–water partition coefficient (Wildman–Crippen LogP) is 2.19. The Kier molecular flexibility index (Phi) is 8.39. The number of nitrogens with zero attached hydrogens (tertiary/aromatic N) is 1. The maximum Gasteiger partial charge on any atom is 0.0701 e. The Bertz CT molecular complexity index is 416. The van der Waals surface area contributed by atoms with Gasteiger partial charge in [0.25, 0.3) is 0 Å². The van der Waals surface area contributed by atoms with Crippen molar-refractivity contribution in [1.82, 2.24) is 0 Å². The van der Waals surface area contributed by atoms with Gasteiger partial charge in [-0.1, -0.05) is 6.07 Å². The highest BCUT2D eigenvalue weighted by Crippen LogP contribution is 2.18. The summed E-state index contributed by atoms with van der Waals surface area (Å²) < 4.78 is 22.2. The van der Waals surface area contributed by atoms with Crippen molar-refractivity contribution in [1.29, 1.82) is 0 Å². The number of rotatable bonds is 1. The Morgan fingerprint density at radius 1 is 0.609 bits per heavy atom. The van der Waals surface area contributed by atoms with E-state index in [0.717, 1.165) is 13.1 Å². The minimum Gasteiger partial charge on any atom is -0.377 e. The summed E-state index contributed by atoms with van der Waals surface area (Å²) in [5.41, 5.74) is 3.78. The standard InChI is InChI=1S/C18H29NO4/c1-16-13-17(2)15-18(14-16)19-3-5-20-7-9-22-11-12-23-10-8-21-6-4-19/h13-15H,3-12H2,1-2H3. The monoisotopic (exact) mass is 323 g/mol. The van der Waals surface area contributed by atoms with Gasteiger partial charge in [0, 0.05) is 18.8 Å². The molecule has 1 aliphatic rings. The van der Waals surface area contributed by atoms with E-state index in [1.807, 2.05) is 0 Å². The van der Waals surface area contributed by atoms with Crippen LogP contribution in [0.3, 0.4) is 0 Å². The van der Waals surface area contributed by atoms with Gasteiger partial charge in [-0.15, -0.1) is 0 Å². The smallest absolute Gasteiger partial charge is 0.0701 e. The van der Waals surface area contributed by atoms with Crippen LogP contribution >= 0.6 is 0 Å². The lowest BCUT2D eigenvalue weighted by atomic mass is 10.1. The van der Waals surface area contributed by atoms with Crippen LogP contribution in [0, 0.1) is 13.8 Å². The van der Waals surface area contributed by atoms with E-state index < -0.39 is 0 Å². The molecule has 0 atom stereocenters. The van der Waals surface area contributed by atoms with E-state index in [1.165, 1.54) is 16.8 Å². The first-order valence-corrected chi connectivity index (χ1v) is 8.40. The molecule has 2 rings (SSSR count). The average Bonchev–Trinajstić information content (AvgIpc) is 2.52. The van der Waals surface area contributed by atoms with Crippen LogP contribution in [0.2, 0.25) is 0 Å². The first-order chi connectivity index (χ1) is 11.3. The largest absolute Gasteiger partial charge is 0.377 e. The molecule has 0 spiro atoms. The third kappa shape index (κ3) is 7.31. The molecule has 23 heavy (non-hydrogen) atoms. The molecule has 0 saturated carbocycles. The molecule has 0 unspecified atom stereocenters. The molecule has 0 N–H and O–H groups in total. The summed E-state index contributed by atoms with van der Waals surface area (Å²) in [6, 6.07) is 6.62. The summed E-state index contributed by atoms with van der Waals surface area (Å²) >= 11 is 0. The predicted molar refractivity (Wildman–Crippen MR) is 91.4 cm³/mol. The first kappa shape index (κ1) is 18.2. The Morgan fingerprint density at radius 2 is 1.00 bits per heavy atom. The molecule has 5 nitrogen and oxygen atoms in total. The summed E-state index contributed by atoms with van der Waals surface area (Å²) in [5.74, 6) is 0. The zero-order chi connectivity index (χ0) is 16.3. The van der Waals surface area contributed by atoms with Crippen molar-refractivity contribution < 1.29 is 18.9 Å². The van der Waals surface area contributed by atoms with Crippen molar-refractivity contribution in [3.63, 3.8) is 0 Å². The summed E-state index contributed by atoms with van der Waals surface area (Å²) in [5, 5.41) is 0. The van der Waals surface area contributed by atoms with Gasteiger partial charge in [0.2, 0.25) is 0 Å². The van der Waals surface area contributed by atoms with Crippen LogP contribution in [0.4, 0.5) is 5.69 Å². The number of aryl methyl sites for hydroxylation is 2. The third-order valence-electron chi connectivity index (χ3n) is 3.70. The van der Waals surface area contributed by atoms with Gasteiger partial charge < -0.3 is 23.8 Å². The van der Waals surface area contributed by atoms with Crippen molar-refractivity contribution in [3.05, 3.63) is 29.3 Å². The average molecular weight is 323 g/mol. The van der Waals surface area contributed by atoms with Crippen LogP contribution in [-0.4, -0.2) is 65.9 Å². The van der Waals surface area contributed by atoms with E-state index in [2.05, 4.69) is 36.9 Å². The van der Waals surface area contributed by atoms with Crippen LogP contribution in [-0.2, 0) is 18.9 Å². The highest BCUT2D eigenvalue weighted by Gasteiger charge is 2.08. The van der Waals surface area contributed by atoms with E-state index in [9.17, 15) is 0 Å². The van der Waals surface area contributed by atoms with Gasteiger partial charge in [0.1, 0.15) is 0 Å². The lowest BCUT2D eigenvalue weighted by Crippen LogP contribution is -2.31. The second kappa shape index (κ2) is 10.6. The van der Waals surface area contributed by atoms with Crippen LogP contribution in [0.5, 0.6) is 0 Å². The lowest BCUT2D eigenvalue weighted by Gasteiger charge is -2.25. The molecule has 1 saturated heterocycles. The maximum atomic E-state index is 5.67. The van der Waals surface area contributed by atoms with E-state index in [-0.39, 0.29) is 0 Å². The van der Waals surface area contributed by atoms with Gasteiger partial charge in [0.05, 0.1) is 52.9 Å². The van der Waals surface area contributed by atoms with Gasteiger partial charge in [-0.25, -0.2) is 0 Å². The van der Waals surface area contributed by atoms with Gasteiger partial charge >= 0.3 is 0 Å². The van der Waals surface area contributed by atoms with Crippen molar-refractivity contribution >= 4 is 5.69 Å². The normalized spacial score (nSPS) is 19.8. The number of ether oxygens (including phenoxy) is 4. The highest BCUT2D eigenvalue weighted by atomic mass is 16.6. The van der Waals surface area contributed by atoms with Crippen LogP contribution in [0.1, 0.15) is 11.1 Å². The van der Waals surface area contributed by atoms with Gasteiger partial charge in [-0.2, -0.15) is 0 Å². The van der Waals surface area contributed by atoms with Crippen molar-refractivity contribution in [2.75, 3.05) is 70.8 Å². The Hall–Kier alpha value is -1.14. The van der Waals surface area contributed by atoms with Crippen LogP contribution in [0.15, 0.2) is 18.2 Å². The Morgan fingerprint density at radius 3 is 1.43 bits per heavy atom. The molecule has 1 aromatic carbocycles. The summed E-state index contributed by atoms with van der Waals surface area (Å²) in [6.45, 7) is 11.0. The molecule has 1 fully saturated rings. The quantitative estimate of drug-likeness (QED) is 0.792. The molecule has 0 radical (unpaired) electrons. The minimum absolute atomic E-state index is 0.609. The van der Waals surface area contributed by atoms with Gasteiger partial charge in [0.15, 0.2) is 0 Å². The molecule has 1 heterocycles. The van der Waals surface area contributed by atoms with Gasteiger partial charge in [-0.3, -0.25) is 0 Å². The Balaban J connectivity index is 1.93. The van der Waals surface area contributed by atoms with Crippen molar-refractivity contribution in [2.45, 2.75) is 13.8 Å². The fourth-order valence-corrected chi connectivity index (χ4v) is 2.61. The SMILES string of the molecule is Cc1cc(C)cc(N2CCOCCOCCOCCOCC2)c1. The molecule has 0 bridgehead atoms. The third-order valence-corrected chi connectivity index (χ3v) is 3.70. The fourth-order valence-electron chi connectivity index (χ4n) is 2.61. The van der Waals surface area contributed by atoms with Crippen molar-refractivity contribution in [2.24, 2.45) is 0 Å². The topological polar surface area (TPSA) is 40.2 Å². The van der Waals surface area contributed by atoms with E-state index in [4.69, 9.17) is 18.9 Å². The number of hydrogen-bond acceptors (Lipinski definition) is 5. The zero-order valence-electron chi connectivity index (χ0n) is 14.4. The van der Waals surface area contributed by atoms with Gasteiger partial charge in [-0.05, 0) is 37.1 Å². The molecule has 5 heteroatoms. The molecular formula is C18H29NO4. The minimum atomic E-state index is 0.609. The summed E-state index contributed by atoms with van der Waals surface area (Å²) in [6.07, 6.45) is 0. The fraction of sp³-hybridized carbons (Fsp3) is 0.667. The highest BCUT2D eigenvalue weighted by molar-refractivity contribution is 5.50. The van der Waals surface area contributed by atoms with E-state index >= 15 is 0 Å². The number of anilines is 1. The molecule has 130 valence electrons. The molecule has 0 amide bonds. The first-order valence-electron chi connectivity index (χ1n) is 8.40. The second-order valence-electron chi connectivity index (χ2n) is 5.78. The zero-order valence-corrected chi connectivity index (χ0v) is 14.4. The van der Waals surface area contributed by atoms with E-state index in [0.29, 0.717) is 52.9 Å². The molecule has 0 aliphatic carbocycles.